The van der Waals surface area contributed by atoms with E-state index in [1.807, 2.05) is 0 Å². The molecule has 0 aliphatic rings. The molecule has 2 aromatic rings. The van der Waals surface area contributed by atoms with Crippen molar-refractivity contribution in [2.75, 3.05) is 12.4 Å². The van der Waals surface area contributed by atoms with Gasteiger partial charge in [0.25, 0.3) is 0 Å². The molecule has 0 spiro atoms. The zero-order chi connectivity index (χ0) is 15.2. The molecule has 6 heteroatoms. The molecule has 0 aliphatic carbocycles. The molecule has 0 heterocycles. The minimum Gasteiger partial charge on any atom is -0.495 e. The second-order valence-electron chi connectivity index (χ2n) is 4.14. The minimum absolute atomic E-state index is 0.165. The summed E-state index contributed by atoms with van der Waals surface area (Å²) in [4.78, 5) is 11.7. The van der Waals surface area contributed by atoms with Gasteiger partial charge in [0.15, 0.2) is 0 Å². The van der Waals surface area contributed by atoms with Crippen molar-refractivity contribution >= 4 is 23.4 Å². The first-order valence-electron chi connectivity index (χ1n) is 6.11. The van der Waals surface area contributed by atoms with E-state index in [0.717, 1.165) is 0 Å². The minimum atomic E-state index is -0.723. The molecule has 0 bridgehead atoms. The van der Waals surface area contributed by atoms with Crippen molar-refractivity contribution in [3.63, 3.8) is 0 Å². The standard InChI is InChI=1S/C15H13ClFNO3/c1-20-14-7-6-11(16)8-13(14)18-15(19)21-9-10-4-2-3-5-12(10)17/h2-8H,9H2,1H3,(H,18,19). The van der Waals surface area contributed by atoms with Crippen LogP contribution in [0.3, 0.4) is 0 Å². The maximum absolute atomic E-state index is 13.4. The Labute approximate surface area is 126 Å². The summed E-state index contributed by atoms with van der Waals surface area (Å²) in [6.45, 7) is -0.165. The smallest absolute Gasteiger partial charge is 0.412 e. The SMILES string of the molecule is COc1ccc(Cl)cc1NC(=O)OCc1ccccc1F. The van der Waals surface area contributed by atoms with E-state index >= 15 is 0 Å². The molecule has 0 unspecified atom stereocenters. The number of ether oxygens (including phenoxy) is 2. The van der Waals surface area contributed by atoms with Gasteiger partial charge in [-0.3, -0.25) is 5.32 Å². The number of methoxy groups -OCH3 is 1. The summed E-state index contributed by atoms with van der Waals surface area (Å²) in [5.74, 6) is 0.0212. The molecule has 2 aromatic carbocycles. The molecule has 0 aliphatic heterocycles. The van der Waals surface area contributed by atoms with Crippen molar-refractivity contribution in [3.05, 3.63) is 58.9 Å². The lowest BCUT2D eigenvalue weighted by Crippen LogP contribution is -2.14. The maximum Gasteiger partial charge on any atom is 0.412 e. The van der Waals surface area contributed by atoms with Crippen LogP contribution in [0.15, 0.2) is 42.5 Å². The highest BCUT2D eigenvalue weighted by atomic mass is 35.5. The fourth-order valence-electron chi connectivity index (χ4n) is 1.68. The van der Waals surface area contributed by atoms with E-state index in [9.17, 15) is 9.18 Å². The van der Waals surface area contributed by atoms with Crippen LogP contribution in [0.1, 0.15) is 5.56 Å². The second-order valence-corrected chi connectivity index (χ2v) is 4.57. The second kappa shape index (κ2) is 6.95. The molecule has 4 nitrogen and oxygen atoms in total. The van der Waals surface area contributed by atoms with E-state index < -0.39 is 11.9 Å². The van der Waals surface area contributed by atoms with Gasteiger partial charge in [0.05, 0.1) is 12.8 Å². The Kier molecular flexibility index (Phi) is 5.00. The molecule has 110 valence electrons. The molecule has 0 radical (unpaired) electrons. The van der Waals surface area contributed by atoms with Crippen LogP contribution in [0.4, 0.5) is 14.9 Å². The van der Waals surface area contributed by atoms with E-state index in [0.29, 0.717) is 22.0 Å². The number of benzene rings is 2. The molecule has 1 N–H and O–H groups in total. The molecule has 0 fully saturated rings. The van der Waals surface area contributed by atoms with E-state index in [-0.39, 0.29) is 6.61 Å². The summed E-state index contributed by atoms with van der Waals surface area (Å²) in [5, 5.41) is 2.94. The van der Waals surface area contributed by atoms with Gasteiger partial charge in [-0.15, -0.1) is 0 Å². The number of nitrogens with one attached hydrogen (secondary N) is 1. The predicted molar refractivity (Wildman–Crippen MR) is 78.2 cm³/mol. The molecule has 2 rings (SSSR count). The first kappa shape index (κ1) is 15.1. The van der Waals surface area contributed by atoms with Crippen LogP contribution in [0.25, 0.3) is 0 Å². The van der Waals surface area contributed by atoms with E-state index in [4.69, 9.17) is 21.1 Å². The summed E-state index contributed by atoms with van der Waals surface area (Å²) in [7, 11) is 1.47. The van der Waals surface area contributed by atoms with Crippen LogP contribution in [0.2, 0.25) is 5.02 Å². The third-order valence-electron chi connectivity index (χ3n) is 2.71. The van der Waals surface area contributed by atoms with Crippen molar-refractivity contribution in [2.45, 2.75) is 6.61 Å². The molecule has 0 saturated heterocycles. The maximum atomic E-state index is 13.4. The third kappa shape index (κ3) is 4.10. The molecule has 21 heavy (non-hydrogen) atoms. The van der Waals surface area contributed by atoms with Gasteiger partial charge >= 0.3 is 6.09 Å². The van der Waals surface area contributed by atoms with Gasteiger partial charge in [0.1, 0.15) is 18.2 Å². The number of rotatable bonds is 4. The van der Waals surface area contributed by atoms with Crippen LogP contribution in [0.5, 0.6) is 5.75 Å². The zero-order valence-corrected chi connectivity index (χ0v) is 12.0. The zero-order valence-electron chi connectivity index (χ0n) is 11.2. The van der Waals surface area contributed by atoms with Gasteiger partial charge < -0.3 is 9.47 Å². The number of carbonyl (C=O) groups is 1. The topological polar surface area (TPSA) is 47.6 Å². The lowest BCUT2D eigenvalue weighted by atomic mass is 10.2. The number of hydrogen-bond donors (Lipinski definition) is 1. The molecule has 0 aromatic heterocycles. The van der Waals surface area contributed by atoms with Crippen LogP contribution >= 0.6 is 11.6 Å². The Morgan fingerprint density at radius 2 is 2.05 bits per heavy atom. The van der Waals surface area contributed by atoms with Crippen LogP contribution in [-0.2, 0) is 11.3 Å². The Morgan fingerprint density at radius 3 is 2.76 bits per heavy atom. The Balaban J connectivity index is 1.99. The van der Waals surface area contributed by atoms with E-state index in [1.165, 1.54) is 19.2 Å². The number of anilines is 1. The molecule has 1 amide bonds. The van der Waals surface area contributed by atoms with Gasteiger partial charge in [-0.05, 0) is 24.3 Å². The summed E-state index contributed by atoms with van der Waals surface area (Å²) < 4.78 is 23.4. The summed E-state index contributed by atoms with van der Waals surface area (Å²) >= 11 is 5.85. The summed E-state index contributed by atoms with van der Waals surface area (Å²) in [6, 6.07) is 10.9. The Morgan fingerprint density at radius 1 is 1.29 bits per heavy atom. The lowest BCUT2D eigenvalue weighted by molar-refractivity contribution is 0.153. The Bertz CT molecular complexity index is 649. The molecule has 0 saturated carbocycles. The average molecular weight is 310 g/mol. The normalized spacial score (nSPS) is 10.0. The van der Waals surface area contributed by atoms with E-state index in [1.54, 1.807) is 30.3 Å². The fraction of sp³-hybridized carbons (Fsp3) is 0.133. The van der Waals surface area contributed by atoms with Gasteiger partial charge in [-0.25, -0.2) is 9.18 Å². The average Bonchev–Trinajstić information content (AvgIpc) is 2.47. The fourth-order valence-corrected chi connectivity index (χ4v) is 1.85. The Hall–Kier alpha value is -2.27. The van der Waals surface area contributed by atoms with Gasteiger partial charge in [0, 0.05) is 10.6 Å². The number of halogens is 2. The van der Waals surface area contributed by atoms with Crippen LogP contribution < -0.4 is 10.1 Å². The molecular formula is C15H13ClFNO3. The largest absolute Gasteiger partial charge is 0.495 e. The van der Waals surface area contributed by atoms with Crippen molar-refractivity contribution in [1.82, 2.24) is 0 Å². The molecule has 0 atom stereocenters. The highest BCUT2D eigenvalue weighted by Crippen LogP contribution is 2.27. The van der Waals surface area contributed by atoms with Gasteiger partial charge in [-0.1, -0.05) is 29.8 Å². The number of carbonyl (C=O) groups excluding carboxylic acids is 1. The van der Waals surface area contributed by atoms with Gasteiger partial charge in [-0.2, -0.15) is 0 Å². The predicted octanol–water partition coefficient (Wildman–Crippen LogP) is 4.24. The van der Waals surface area contributed by atoms with Crippen molar-refractivity contribution in [3.8, 4) is 5.75 Å². The van der Waals surface area contributed by atoms with Crippen molar-refractivity contribution in [2.24, 2.45) is 0 Å². The van der Waals surface area contributed by atoms with Gasteiger partial charge in [0.2, 0.25) is 0 Å². The highest BCUT2D eigenvalue weighted by molar-refractivity contribution is 6.31. The summed E-state index contributed by atoms with van der Waals surface area (Å²) in [5.41, 5.74) is 0.675. The first-order chi connectivity index (χ1) is 10.1. The number of hydrogen-bond acceptors (Lipinski definition) is 3. The number of amides is 1. The highest BCUT2D eigenvalue weighted by Gasteiger charge is 2.10. The van der Waals surface area contributed by atoms with Crippen LogP contribution in [-0.4, -0.2) is 13.2 Å². The molecular weight excluding hydrogens is 297 g/mol. The summed E-state index contributed by atoms with van der Waals surface area (Å²) in [6.07, 6.45) is -0.723. The lowest BCUT2D eigenvalue weighted by Gasteiger charge is -2.11. The van der Waals surface area contributed by atoms with E-state index in [2.05, 4.69) is 5.32 Å². The van der Waals surface area contributed by atoms with Crippen molar-refractivity contribution < 1.29 is 18.7 Å². The quantitative estimate of drug-likeness (QED) is 0.919. The van der Waals surface area contributed by atoms with Crippen LogP contribution in [0, 0.1) is 5.82 Å². The monoisotopic (exact) mass is 309 g/mol. The first-order valence-corrected chi connectivity index (χ1v) is 6.48. The third-order valence-corrected chi connectivity index (χ3v) is 2.95. The van der Waals surface area contributed by atoms with Crippen molar-refractivity contribution in [1.29, 1.82) is 0 Å².